The Morgan fingerprint density at radius 1 is 1.03 bits per heavy atom. The summed E-state index contributed by atoms with van der Waals surface area (Å²) in [5.41, 5.74) is 10.3. The second kappa shape index (κ2) is 10.3. The van der Waals surface area contributed by atoms with Crippen LogP contribution in [0.25, 0.3) is 11.1 Å². The standard InChI is InChI=1S/C25H29N5O2/c26-21-2-1-3-23(15-21)28-24-14-20(8-11-27-24)19-4-6-22(7-5-19)29-25(32)16-30-12-9-18(17-31)10-13-30/h1-8,11,14-15,18,31H,9-10,12-13,16-17,26H2,(H,27,28)(H,29,32). The number of hydrogen-bond acceptors (Lipinski definition) is 6. The fraction of sp³-hybridized carbons (Fsp3) is 0.280. The van der Waals surface area contributed by atoms with E-state index in [9.17, 15) is 9.90 Å². The molecule has 0 spiro atoms. The van der Waals surface area contributed by atoms with Crippen LogP contribution in [0, 0.1) is 5.92 Å². The molecular weight excluding hydrogens is 402 g/mol. The molecule has 7 heteroatoms. The molecule has 5 N–H and O–H groups in total. The number of piperidine rings is 1. The van der Waals surface area contributed by atoms with Gasteiger partial charge in [-0.15, -0.1) is 0 Å². The van der Waals surface area contributed by atoms with Crippen LogP contribution in [-0.4, -0.2) is 47.1 Å². The number of rotatable bonds is 7. The van der Waals surface area contributed by atoms with Gasteiger partial charge in [0.1, 0.15) is 5.82 Å². The Morgan fingerprint density at radius 2 is 1.81 bits per heavy atom. The van der Waals surface area contributed by atoms with E-state index in [1.54, 1.807) is 6.20 Å². The quantitative estimate of drug-likeness (QED) is 0.425. The number of nitrogens with one attached hydrogen (secondary N) is 2. The summed E-state index contributed by atoms with van der Waals surface area (Å²) in [6, 6.07) is 19.3. The van der Waals surface area contributed by atoms with Crippen LogP contribution >= 0.6 is 0 Å². The number of aliphatic hydroxyl groups excluding tert-OH is 1. The van der Waals surface area contributed by atoms with E-state index in [-0.39, 0.29) is 12.5 Å². The molecule has 2 aromatic carbocycles. The van der Waals surface area contributed by atoms with Crippen LogP contribution in [-0.2, 0) is 4.79 Å². The van der Waals surface area contributed by atoms with E-state index in [0.29, 0.717) is 18.2 Å². The van der Waals surface area contributed by atoms with Crippen molar-refractivity contribution in [2.24, 2.45) is 5.92 Å². The molecule has 3 aromatic rings. The first kappa shape index (κ1) is 21.8. The molecule has 1 fully saturated rings. The maximum Gasteiger partial charge on any atom is 0.238 e. The van der Waals surface area contributed by atoms with Crippen molar-refractivity contribution in [3.8, 4) is 11.1 Å². The van der Waals surface area contributed by atoms with E-state index in [4.69, 9.17) is 5.73 Å². The van der Waals surface area contributed by atoms with Crippen molar-refractivity contribution >= 4 is 28.8 Å². The number of anilines is 4. The lowest BCUT2D eigenvalue weighted by Crippen LogP contribution is -2.39. The lowest BCUT2D eigenvalue weighted by Gasteiger charge is -2.30. The zero-order valence-corrected chi connectivity index (χ0v) is 18.0. The van der Waals surface area contributed by atoms with Gasteiger partial charge in [0.25, 0.3) is 0 Å². The first-order chi connectivity index (χ1) is 15.6. The number of nitrogen functional groups attached to an aromatic ring is 1. The Labute approximate surface area is 188 Å². The topological polar surface area (TPSA) is 104 Å². The van der Waals surface area contributed by atoms with E-state index < -0.39 is 0 Å². The Kier molecular flexibility index (Phi) is 6.99. The second-order valence-corrected chi connectivity index (χ2v) is 8.21. The van der Waals surface area contributed by atoms with E-state index in [1.807, 2.05) is 60.7 Å². The SMILES string of the molecule is Nc1cccc(Nc2cc(-c3ccc(NC(=O)CN4CCC(CO)CC4)cc3)ccn2)c1. The molecule has 0 bridgehead atoms. The molecular formula is C25H29N5O2. The van der Waals surface area contributed by atoms with Crippen LogP contribution in [0.15, 0.2) is 66.9 Å². The summed E-state index contributed by atoms with van der Waals surface area (Å²) in [6.45, 7) is 2.32. The van der Waals surface area contributed by atoms with Crippen molar-refractivity contribution in [2.45, 2.75) is 12.8 Å². The number of aromatic nitrogens is 1. The van der Waals surface area contributed by atoms with Crippen molar-refractivity contribution in [3.63, 3.8) is 0 Å². The van der Waals surface area contributed by atoms with E-state index in [1.165, 1.54) is 0 Å². The van der Waals surface area contributed by atoms with E-state index in [2.05, 4.69) is 20.5 Å². The third-order valence-electron chi connectivity index (χ3n) is 5.75. The largest absolute Gasteiger partial charge is 0.399 e. The zero-order chi connectivity index (χ0) is 22.3. The molecule has 1 aliphatic rings. The summed E-state index contributed by atoms with van der Waals surface area (Å²) in [4.78, 5) is 18.9. The minimum Gasteiger partial charge on any atom is -0.399 e. The van der Waals surface area contributed by atoms with Crippen LogP contribution in [0.1, 0.15) is 12.8 Å². The van der Waals surface area contributed by atoms with E-state index >= 15 is 0 Å². The van der Waals surface area contributed by atoms with Gasteiger partial charge in [-0.05, 0) is 85.4 Å². The smallest absolute Gasteiger partial charge is 0.238 e. The van der Waals surface area contributed by atoms with Crippen molar-refractivity contribution < 1.29 is 9.90 Å². The van der Waals surface area contributed by atoms with Crippen molar-refractivity contribution in [1.82, 2.24) is 9.88 Å². The van der Waals surface area contributed by atoms with Gasteiger partial charge in [0.15, 0.2) is 0 Å². The van der Waals surface area contributed by atoms with Gasteiger partial charge in [-0.2, -0.15) is 0 Å². The lowest BCUT2D eigenvalue weighted by atomic mass is 9.98. The number of aliphatic hydroxyl groups is 1. The minimum atomic E-state index is -0.0160. The Hall–Kier alpha value is -3.42. The molecule has 0 aliphatic carbocycles. The highest BCUT2D eigenvalue weighted by molar-refractivity contribution is 5.92. The molecule has 7 nitrogen and oxygen atoms in total. The molecule has 0 unspecified atom stereocenters. The van der Waals surface area contributed by atoms with Gasteiger partial charge in [0.05, 0.1) is 6.54 Å². The number of hydrogen-bond donors (Lipinski definition) is 4. The zero-order valence-electron chi connectivity index (χ0n) is 18.0. The van der Waals surface area contributed by atoms with E-state index in [0.717, 1.165) is 54.3 Å². The van der Waals surface area contributed by atoms with Crippen molar-refractivity contribution in [1.29, 1.82) is 0 Å². The average molecular weight is 432 g/mol. The Morgan fingerprint density at radius 3 is 2.53 bits per heavy atom. The molecule has 1 amide bonds. The molecule has 32 heavy (non-hydrogen) atoms. The summed E-state index contributed by atoms with van der Waals surface area (Å²) in [5, 5.41) is 15.5. The first-order valence-electron chi connectivity index (χ1n) is 10.9. The molecule has 1 saturated heterocycles. The van der Waals surface area contributed by atoms with Crippen molar-refractivity contribution in [2.75, 3.05) is 42.6 Å². The number of amides is 1. The fourth-order valence-electron chi connectivity index (χ4n) is 3.92. The predicted octanol–water partition coefficient (Wildman–Crippen LogP) is 3.72. The third kappa shape index (κ3) is 5.84. The fourth-order valence-corrected chi connectivity index (χ4v) is 3.92. The molecule has 166 valence electrons. The van der Waals surface area contributed by atoms with Crippen LogP contribution in [0.3, 0.4) is 0 Å². The van der Waals surface area contributed by atoms with Gasteiger partial charge in [0.2, 0.25) is 5.91 Å². The number of pyridine rings is 1. The number of benzene rings is 2. The molecule has 0 atom stereocenters. The molecule has 1 aromatic heterocycles. The van der Waals surface area contributed by atoms with Crippen LogP contribution in [0.4, 0.5) is 22.9 Å². The Balaban J connectivity index is 1.35. The highest BCUT2D eigenvalue weighted by atomic mass is 16.3. The maximum atomic E-state index is 12.4. The first-order valence-corrected chi connectivity index (χ1v) is 10.9. The van der Waals surface area contributed by atoms with Crippen LogP contribution in [0.5, 0.6) is 0 Å². The van der Waals surface area contributed by atoms with Crippen LogP contribution < -0.4 is 16.4 Å². The van der Waals surface area contributed by atoms with Gasteiger partial charge in [0, 0.05) is 29.9 Å². The third-order valence-corrected chi connectivity index (χ3v) is 5.75. The average Bonchev–Trinajstić information content (AvgIpc) is 2.80. The summed E-state index contributed by atoms with van der Waals surface area (Å²) < 4.78 is 0. The van der Waals surface area contributed by atoms with Gasteiger partial charge in [-0.3, -0.25) is 9.69 Å². The summed E-state index contributed by atoms with van der Waals surface area (Å²) in [5.74, 6) is 1.09. The van der Waals surface area contributed by atoms with Gasteiger partial charge < -0.3 is 21.5 Å². The Bertz CT molecular complexity index is 1050. The number of likely N-dealkylation sites (tertiary alicyclic amines) is 1. The number of nitrogens with zero attached hydrogens (tertiary/aromatic N) is 2. The molecule has 0 radical (unpaired) electrons. The monoisotopic (exact) mass is 431 g/mol. The summed E-state index contributed by atoms with van der Waals surface area (Å²) in [6.07, 6.45) is 3.65. The van der Waals surface area contributed by atoms with Gasteiger partial charge in [-0.25, -0.2) is 4.98 Å². The predicted molar refractivity (Wildman–Crippen MR) is 129 cm³/mol. The number of nitrogens with two attached hydrogens (primary N) is 1. The van der Waals surface area contributed by atoms with Crippen LogP contribution in [0.2, 0.25) is 0 Å². The number of carbonyl (C=O) groups excluding carboxylic acids is 1. The lowest BCUT2D eigenvalue weighted by molar-refractivity contribution is -0.117. The molecule has 4 rings (SSSR count). The van der Waals surface area contributed by atoms with Gasteiger partial charge >= 0.3 is 0 Å². The maximum absolute atomic E-state index is 12.4. The minimum absolute atomic E-state index is 0.0160. The highest BCUT2D eigenvalue weighted by Gasteiger charge is 2.20. The summed E-state index contributed by atoms with van der Waals surface area (Å²) >= 11 is 0. The van der Waals surface area contributed by atoms with Gasteiger partial charge in [-0.1, -0.05) is 18.2 Å². The number of carbonyl (C=O) groups is 1. The molecule has 0 saturated carbocycles. The normalized spacial score (nSPS) is 14.8. The second-order valence-electron chi connectivity index (χ2n) is 8.21. The summed E-state index contributed by atoms with van der Waals surface area (Å²) in [7, 11) is 0. The van der Waals surface area contributed by atoms with Crippen molar-refractivity contribution in [3.05, 3.63) is 66.9 Å². The highest BCUT2D eigenvalue weighted by Crippen LogP contribution is 2.25. The molecule has 2 heterocycles. The molecule has 1 aliphatic heterocycles.